The minimum Gasteiger partial charge on any atom is -0.273 e. The second-order valence-electron chi connectivity index (χ2n) is 2.48. The molecular weight excluding hydrogens is 292 g/mol. The van der Waals surface area contributed by atoms with Crippen LogP contribution in [0.4, 0.5) is 0 Å². The van der Waals surface area contributed by atoms with Gasteiger partial charge in [0.2, 0.25) is 11.8 Å². The van der Waals surface area contributed by atoms with Crippen LogP contribution in [-0.4, -0.2) is 35.4 Å². The largest absolute Gasteiger partial charge is 0.273 e. The fraction of sp³-hybridized carbons (Fsp3) is 0.167. The van der Waals surface area contributed by atoms with Gasteiger partial charge in [-0.15, -0.1) is 25.3 Å². The molecule has 1 heterocycles. The highest BCUT2D eigenvalue weighted by molar-refractivity contribution is 8.11. The summed E-state index contributed by atoms with van der Waals surface area (Å²) in [7, 11) is 0. The van der Waals surface area contributed by atoms with Crippen LogP contribution < -0.4 is 0 Å². The number of amides is 2. The van der Waals surface area contributed by atoms with Crippen LogP contribution in [0.15, 0.2) is 0 Å². The maximum Gasteiger partial charge on any atom is 0.243 e. The molecule has 0 unspecified atom stereocenters. The van der Waals surface area contributed by atoms with Gasteiger partial charge in [-0.25, -0.2) is 9.80 Å². The van der Waals surface area contributed by atoms with Gasteiger partial charge >= 0.3 is 0 Å². The van der Waals surface area contributed by atoms with Gasteiger partial charge in [0, 0.05) is 0 Å². The van der Waals surface area contributed by atoms with E-state index in [0.29, 0.717) is 0 Å². The zero-order valence-corrected chi connectivity index (χ0v) is 11.3. The van der Waals surface area contributed by atoms with Gasteiger partial charge in [0.1, 0.15) is 15.1 Å². The molecule has 2 amide bonds. The fourth-order valence-electron chi connectivity index (χ4n) is 0.978. The zero-order valence-electron chi connectivity index (χ0n) is 7.04. The van der Waals surface area contributed by atoms with Gasteiger partial charge < -0.3 is 0 Å². The molecule has 0 saturated carbocycles. The zero-order chi connectivity index (χ0) is 11.7. The Bertz CT molecular complexity index is 359. The Morgan fingerprint density at radius 1 is 1.07 bits per heavy atom. The summed E-state index contributed by atoms with van der Waals surface area (Å²) < 4.78 is -0.0424. The molecule has 0 spiro atoms. The standard InChI is InChI=1S/C6H4N2O2S5/c9-2-1-3(10)8(6(14)15)4(11)7(2)5(12)13/h1H2,(H,12,13)(H,14,15). The smallest absolute Gasteiger partial charge is 0.243 e. The second-order valence-corrected chi connectivity index (χ2v) is 5.07. The van der Waals surface area contributed by atoms with E-state index in [1.54, 1.807) is 0 Å². The normalized spacial score (nSPS) is 17.1. The molecule has 1 aliphatic rings. The summed E-state index contributed by atoms with van der Waals surface area (Å²) in [6.45, 7) is 0. The third kappa shape index (κ3) is 2.53. The number of rotatable bonds is 0. The Balaban J connectivity index is 3.10. The van der Waals surface area contributed by atoms with Crippen molar-refractivity contribution < 1.29 is 9.59 Å². The van der Waals surface area contributed by atoms with Gasteiger partial charge in [-0.3, -0.25) is 9.59 Å². The minimum atomic E-state index is -0.508. The lowest BCUT2D eigenvalue weighted by Crippen LogP contribution is -2.56. The monoisotopic (exact) mass is 296 g/mol. The van der Waals surface area contributed by atoms with Crippen LogP contribution in [0, 0.1) is 0 Å². The SMILES string of the molecule is O=C1CC(=O)N(C(=S)S)C(=S)N1C(=S)S. The summed E-state index contributed by atoms with van der Waals surface area (Å²) in [6, 6.07) is 0. The summed E-state index contributed by atoms with van der Waals surface area (Å²) >= 11 is 22.0. The predicted molar refractivity (Wildman–Crippen MR) is 74.1 cm³/mol. The van der Waals surface area contributed by atoms with Gasteiger partial charge in [0.25, 0.3) is 0 Å². The Kier molecular flexibility index (Phi) is 4.18. The number of nitrogens with zero attached hydrogens (tertiary/aromatic N) is 2. The molecule has 0 atom stereocenters. The van der Waals surface area contributed by atoms with E-state index in [9.17, 15) is 9.59 Å². The van der Waals surface area contributed by atoms with E-state index in [-0.39, 0.29) is 20.2 Å². The van der Waals surface area contributed by atoms with Crippen LogP contribution in [-0.2, 0) is 9.59 Å². The summed E-state index contributed by atoms with van der Waals surface area (Å²) in [5.74, 6) is -1.02. The van der Waals surface area contributed by atoms with E-state index >= 15 is 0 Å². The number of carbonyl (C=O) groups is 2. The lowest BCUT2D eigenvalue weighted by Gasteiger charge is -2.33. The Hall–Kier alpha value is -0.0900. The first-order valence-corrected chi connectivity index (χ1v) is 5.64. The summed E-state index contributed by atoms with van der Waals surface area (Å²) in [4.78, 5) is 24.8. The molecule has 0 bridgehead atoms. The van der Waals surface area contributed by atoms with Crippen LogP contribution in [0.3, 0.4) is 0 Å². The van der Waals surface area contributed by atoms with Crippen molar-refractivity contribution >= 4 is 87.5 Å². The van der Waals surface area contributed by atoms with Crippen molar-refractivity contribution in [2.75, 3.05) is 0 Å². The predicted octanol–water partition coefficient (Wildman–Crippen LogP) is 0.762. The summed E-state index contributed by atoms with van der Waals surface area (Å²) in [5, 5.41) is -0.101. The van der Waals surface area contributed by atoms with E-state index < -0.39 is 11.8 Å². The third-order valence-corrected chi connectivity index (χ3v) is 2.70. The number of hydrogen-bond donors (Lipinski definition) is 2. The van der Waals surface area contributed by atoms with Crippen molar-refractivity contribution in [2.45, 2.75) is 6.42 Å². The topological polar surface area (TPSA) is 40.6 Å². The van der Waals surface area contributed by atoms with Crippen molar-refractivity contribution in [2.24, 2.45) is 0 Å². The molecule has 0 radical (unpaired) electrons. The van der Waals surface area contributed by atoms with E-state index in [1.807, 2.05) is 0 Å². The second kappa shape index (κ2) is 4.83. The van der Waals surface area contributed by atoms with Crippen molar-refractivity contribution in [3.63, 3.8) is 0 Å². The lowest BCUT2D eigenvalue weighted by atomic mass is 10.3. The average Bonchev–Trinajstić information content (AvgIpc) is 1.99. The average molecular weight is 296 g/mol. The van der Waals surface area contributed by atoms with Gasteiger partial charge in [0.15, 0.2) is 5.11 Å². The van der Waals surface area contributed by atoms with Crippen molar-refractivity contribution in [3.05, 3.63) is 0 Å². The molecule has 1 aliphatic heterocycles. The molecule has 15 heavy (non-hydrogen) atoms. The van der Waals surface area contributed by atoms with Crippen molar-refractivity contribution in [3.8, 4) is 0 Å². The lowest BCUT2D eigenvalue weighted by molar-refractivity contribution is -0.135. The maximum absolute atomic E-state index is 11.4. The highest BCUT2D eigenvalue weighted by atomic mass is 32.1. The minimum absolute atomic E-state index is 0.0212. The Labute approximate surface area is 113 Å². The molecule has 0 aromatic rings. The Morgan fingerprint density at radius 3 is 1.67 bits per heavy atom. The number of hydrogen-bond acceptors (Lipinski definition) is 5. The molecule has 9 heteroatoms. The number of thiocarbonyl (C=S) groups is 3. The first kappa shape index (κ1) is 13.0. The molecule has 4 nitrogen and oxygen atoms in total. The molecule has 0 aromatic carbocycles. The molecule has 0 aromatic heterocycles. The molecule has 0 aliphatic carbocycles. The van der Waals surface area contributed by atoms with E-state index in [2.05, 4.69) is 25.3 Å². The highest BCUT2D eigenvalue weighted by Gasteiger charge is 2.37. The molecule has 1 rings (SSSR count). The van der Waals surface area contributed by atoms with Gasteiger partial charge in [-0.05, 0) is 12.2 Å². The van der Waals surface area contributed by atoms with Crippen molar-refractivity contribution in [1.29, 1.82) is 0 Å². The third-order valence-electron chi connectivity index (χ3n) is 1.57. The Morgan fingerprint density at radius 2 is 1.40 bits per heavy atom. The van der Waals surface area contributed by atoms with Crippen LogP contribution in [0.25, 0.3) is 0 Å². The van der Waals surface area contributed by atoms with Gasteiger partial charge in [-0.2, -0.15) is 0 Å². The first-order valence-electron chi connectivity index (χ1n) is 3.52. The fourth-order valence-corrected chi connectivity index (χ4v) is 2.40. The van der Waals surface area contributed by atoms with Crippen molar-refractivity contribution in [1.82, 2.24) is 9.80 Å². The quantitative estimate of drug-likeness (QED) is 0.392. The highest BCUT2D eigenvalue weighted by Crippen LogP contribution is 2.16. The molecule has 80 valence electrons. The number of thiol groups is 2. The summed E-state index contributed by atoms with van der Waals surface area (Å²) in [6.07, 6.45) is -0.346. The van der Waals surface area contributed by atoms with E-state index in [4.69, 9.17) is 36.7 Å². The van der Waals surface area contributed by atoms with Crippen LogP contribution >= 0.6 is 61.9 Å². The van der Waals surface area contributed by atoms with Crippen LogP contribution in [0.2, 0.25) is 0 Å². The van der Waals surface area contributed by atoms with Gasteiger partial charge in [0.05, 0.1) is 0 Å². The maximum atomic E-state index is 11.4. The van der Waals surface area contributed by atoms with Gasteiger partial charge in [-0.1, -0.05) is 24.4 Å². The van der Waals surface area contributed by atoms with Crippen LogP contribution in [0.5, 0.6) is 0 Å². The molecule has 1 fully saturated rings. The first-order chi connectivity index (χ1) is 6.86. The van der Waals surface area contributed by atoms with E-state index in [1.165, 1.54) is 0 Å². The van der Waals surface area contributed by atoms with Crippen LogP contribution in [0.1, 0.15) is 6.42 Å². The molecule has 0 N–H and O–H groups in total. The summed E-state index contributed by atoms with van der Waals surface area (Å²) in [5.41, 5.74) is 0. The van der Waals surface area contributed by atoms with E-state index in [0.717, 1.165) is 9.80 Å². The number of carbonyl (C=O) groups excluding carboxylic acids is 2. The molecule has 1 saturated heterocycles. The molecular formula is C6H4N2O2S5.